The van der Waals surface area contributed by atoms with Gasteiger partial charge in [-0.05, 0) is 0 Å². The number of aromatic nitrogens is 8. The number of fused-ring (bicyclic) bond motifs is 2. The van der Waals surface area contributed by atoms with Gasteiger partial charge in [0, 0.05) is 7.11 Å². The molecule has 9 atom stereocenters. The summed E-state index contributed by atoms with van der Waals surface area (Å²) >= 11 is 4.15. The molecule has 0 spiro atoms. The summed E-state index contributed by atoms with van der Waals surface area (Å²) in [5, 5.41) is 0. The molecule has 0 aromatic carbocycles. The molecule has 246 valence electrons. The number of hydrogen-bond acceptors (Lipinski definition) is 17. The first-order chi connectivity index (χ1) is 22.1. The fourth-order valence-corrected chi connectivity index (χ4v) is 7.10. The van der Waals surface area contributed by atoms with Crippen molar-refractivity contribution < 1.29 is 46.0 Å². The summed E-state index contributed by atoms with van der Waals surface area (Å²) in [6.07, 6.45) is -5.82. The molecule has 0 bridgehead atoms. The Balaban J connectivity index is 1.23. The van der Waals surface area contributed by atoms with E-state index in [-0.39, 0.29) is 40.7 Å². The molecule has 0 amide bonds. The molecule has 2 saturated heterocycles. The van der Waals surface area contributed by atoms with Crippen molar-refractivity contribution in [3.63, 3.8) is 0 Å². The van der Waals surface area contributed by atoms with Gasteiger partial charge in [0.15, 0.2) is 41.3 Å². The molecule has 4 aromatic heterocycles. The fourth-order valence-electron chi connectivity index (χ4n) is 5.44. The number of nitrogen functional groups attached to an aromatic ring is 2. The number of nitrogens with two attached hydrogens (primary N) is 2. The summed E-state index contributed by atoms with van der Waals surface area (Å²) in [6, 6.07) is 0. The van der Waals surface area contributed by atoms with Crippen molar-refractivity contribution in [3.05, 3.63) is 29.3 Å². The van der Waals surface area contributed by atoms with E-state index >= 15 is 4.39 Å². The maximum Gasteiger partial charge on any atom is 0.386 e. The number of H-pyrrole nitrogens is 1. The highest BCUT2D eigenvalue weighted by Crippen LogP contribution is 2.57. The Bertz CT molecular complexity index is 1850. The van der Waals surface area contributed by atoms with Gasteiger partial charge >= 0.3 is 15.5 Å². The van der Waals surface area contributed by atoms with E-state index < -0.39 is 76.8 Å². The Morgan fingerprint density at radius 3 is 2.48 bits per heavy atom. The number of imidazole rings is 2. The van der Waals surface area contributed by atoms with Crippen molar-refractivity contribution in [1.29, 1.82) is 0 Å². The minimum atomic E-state index is -4.33. The largest absolute Gasteiger partial charge is 0.436 e. The standard InChI is InChI=1S/C21H26BFN10O10P2S/c1-37-13-7(2-38-44-35)41-20(33-6-29-11-17(33)30-21(25)31-18(11)34)14(13)43-45(36,46)39-3-8-12(42-22)9(23)19(40-8)32-5-28-10-15(24)26-4-27-16(10)32/h4-9,12-14,19-20H,2-3,22H2,1H3,(H,36,46)(H2,24,26,27)(H3,25,30,31,34)/t7?,8?,9?,12?,13?,14?,19?,20?,45-/m1/s1. The lowest BCUT2D eigenvalue weighted by Crippen LogP contribution is -2.37. The Hall–Kier alpha value is -3.11. The monoisotopic (exact) mass is 702 g/mol. The van der Waals surface area contributed by atoms with Crippen LogP contribution in [0, 0.1) is 0 Å². The molecule has 46 heavy (non-hydrogen) atoms. The summed E-state index contributed by atoms with van der Waals surface area (Å²) in [4.78, 5) is 35.1. The van der Waals surface area contributed by atoms with Crippen molar-refractivity contribution in [3.8, 4) is 0 Å². The minimum absolute atomic E-state index is 0.0227. The smallest absolute Gasteiger partial charge is 0.386 e. The number of rotatable bonds is 12. The molecule has 5 N–H and O–H groups in total. The zero-order valence-corrected chi connectivity index (χ0v) is 26.5. The van der Waals surface area contributed by atoms with E-state index in [2.05, 4.69) is 42.2 Å². The van der Waals surface area contributed by atoms with E-state index in [1.807, 2.05) is 0 Å². The Morgan fingerprint density at radius 2 is 1.76 bits per heavy atom. The van der Waals surface area contributed by atoms with Crippen molar-refractivity contribution in [2.24, 2.45) is 0 Å². The van der Waals surface area contributed by atoms with Crippen LogP contribution in [0.5, 0.6) is 0 Å². The lowest BCUT2D eigenvalue weighted by atomic mass is 10.1. The van der Waals surface area contributed by atoms with Crippen LogP contribution in [-0.2, 0) is 41.6 Å². The highest BCUT2D eigenvalue weighted by Gasteiger charge is 2.51. The zero-order valence-electron chi connectivity index (χ0n) is 23.9. The number of methoxy groups -OCH3 is 1. The second-order valence-corrected chi connectivity index (χ2v) is 13.3. The molecule has 6 rings (SSSR count). The first kappa shape index (κ1) is 32.8. The van der Waals surface area contributed by atoms with Crippen LogP contribution in [0.2, 0.25) is 0 Å². The predicted molar refractivity (Wildman–Crippen MR) is 160 cm³/mol. The van der Waals surface area contributed by atoms with Gasteiger partial charge in [-0.15, -0.1) is 0 Å². The van der Waals surface area contributed by atoms with Gasteiger partial charge in [0.2, 0.25) is 5.95 Å². The number of nitrogens with one attached hydrogen (secondary N) is 1. The zero-order chi connectivity index (χ0) is 32.7. The molecule has 2 aliphatic heterocycles. The number of halogens is 1. The third-order valence-corrected chi connectivity index (χ3v) is 9.30. The Labute approximate surface area is 265 Å². The first-order valence-electron chi connectivity index (χ1n) is 13.3. The van der Waals surface area contributed by atoms with Gasteiger partial charge in [0.25, 0.3) is 13.6 Å². The maximum absolute atomic E-state index is 15.6. The van der Waals surface area contributed by atoms with Crippen molar-refractivity contribution in [2.45, 2.75) is 49.1 Å². The molecule has 8 unspecified atom stereocenters. The molecular weight excluding hydrogens is 676 g/mol. The van der Waals surface area contributed by atoms with Gasteiger partial charge in [0.05, 0.1) is 25.9 Å². The molecule has 0 radical (unpaired) electrons. The summed E-state index contributed by atoms with van der Waals surface area (Å²) in [6.45, 7) is -5.05. The summed E-state index contributed by atoms with van der Waals surface area (Å²) in [5.74, 6) is -0.0900. The van der Waals surface area contributed by atoms with Crippen LogP contribution in [0.4, 0.5) is 16.2 Å². The molecule has 0 saturated carbocycles. The molecule has 0 aliphatic carbocycles. The average molecular weight is 702 g/mol. The number of ether oxygens (including phenoxy) is 3. The van der Waals surface area contributed by atoms with E-state index in [1.165, 1.54) is 43.3 Å². The van der Waals surface area contributed by atoms with Gasteiger partial charge < -0.3 is 30.3 Å². The normalized spacial score (nSPS) is 29.6. The van der Waals surface area contributed by atoms with Crippen LogP contribution in [0.3, 0.4) is 0 Å². The number of anilines is 2. The topological polar surface area (TPSA) is 258 Å². The summed E-state index contributed by atoms with van der Waals surface area (Å²) in [7, 11) is 2.00. The van der Waals surface area contributed by atoms with E-state index in [4.69, 9.17) is 43.9 Å². The number of thiol groups is 1. The van der Waals surface area contributed by atoms with Gasteiger partial charge in [0.1, 0.15) is 42.4 Å². The van der Waals surface area contributed by atoms with Crippen molar-refractivity contribution in [1.82, 2.24) is 39.0 Å². The van der Waals surface area contributed by atoms with Gasteiger partial charge in [-0.3, -0.25) is 32.5 Å². The third kappa shape index (κ3) is 6.03. The van der Waals surface area contributed by atoms with Crippen molar-refractivity contribution in [2.75, 3.05) is 31.8 Å². The van der Waals surface area contributed by atoms with Crippen molar-refractivity contribution >= 4 is 69.9 Å². The fraction of sp³-hybridized carbons (Fsp3) is 0.524. The summed E-state index contributed by atoms with van der Waals surface area (Å²) < 4.78 is 82.3. The predicted octanol–water partition coefficient (Wildman–Crippen LogP) is -0.132. The van der Waals surface area contributed by atoms with Crippen LogP contribution in [0.25, 0.3) is 22.3 Å². The van der Waals surface area contributed by atoms with Crippen LogP contribution in [0.15, 0.2) is 23.8 Å². The Morgan fingerprint density at radius 1 is 1.07 bits per heavy atom. The Kier molecular flexibility index (Phi) is 9.41. The lowest BCUT2D eigenvalue weighted by Gasteiger charge is -2.27. The molecule has 2 aliphatic rings. The van der Waals surface area contributed by atoms with Crippen LogP contribution < -0.4 is 17.0 Å². The molecule has 4 aromatic rings. The van der Waals surface area contributed by atoms with E-state index in [0.29, 0.717) is 0 Å². The van der Waals surface area contributed by atoms with Crippen LogP contribution in [0.1, 0.15) is 12.5 Å². The number of alkyl halides is 1. The quantitative estimate of drug-likeness (QED) is 0.0851. The lowest BCUT2D eigenvalue weighted by molar-refractivity contribution is -0.0499. The van der Waals surface area contributed by atoms with E-state index in [1.54, 1.807) is 0 Å². The highest BCUT2D eigenvalue weighted by atomic mass is 32.7. The third-order valence-electron chi connectivity index (χ3n) is 7.43. The van der Waals surface area contributed by atoms with E-state index in [0.717, 1.165) is 0 Å². The van der Waals surface area contributed by atoms with Crippen LogP contribution in [-0.4, -0.2) is 104 Å². The van der Waals surface area contributed by atoms with Gasteiger partial charge in [-0.25, -0.2) is 33.5 Å². The van der Waals surface area contributed by atoms with Crippen LogP contribution >= 0.6 is 27.7 Å². The number of hydrogen-bond donors (Lipinski definition) is 4. The number of nitrogens with zero attached hydrogens (tertiary/aromatic N) is 7. The average Bonchev–Trinajstić information content (AvgIpc) is 3.78. The second-order valence-electron chi connectivity index (χ2n) is 10.0. The molecule has 20 nitrogen and oxygen atoms in total. The SMILES string of the molecule is BOC1C(CO[P@@](=O)(S)OC2C(OC)C(COP=O)OC2n2cnc3c(=O)[nH]c(N)nc32)OC(n2cnc3c(N)ncnc32)C1F. The van der Waals surface area contributed by atoms with E-state index in [9.17, 15) is 13.9 Å². The first-order valence-corrected chi connectivity index (χ1v) is 16.8. The molecule has 25 heteroatoms. The van der Waals surface area contributed by atoms with Gasteiger partial charge in [-0.2, -0.15) is 4.98 Å². The van der Waals surface area contributed by atoms with Gasteiger partial charge in [-0.1, -0.05) is 12.2 Å². The second kappa shape index (κ2) is 13.2. The summed E-state index contributed by atoms with van der Waals surface area (Å²) in [5.41, 5.74) is 11.4. The highest BCUT2D eigenvalue weighted by molar-refractivity contribution is 8.44. The molecule has 6 heterocycles. The number of aromatic amines is 1. The molecule has 2 fully saturated rings. The maximum atomic E-state index is 15.6. The minimum Gasteiger partial charge on any atom is -0.436 e. The molecular formula is C21H26BFN10O10P2S.